The zero-order chi connectivity index (χ0) is 7.98. The number of aliphatic imine (C=N–C) groups is 1. The molecule has 0 aliphatic rings. The average molecular weight is 142 g/mol. The molecule has 1 N–H and O–H groups in total. The van der Waals surface area contributed by atoms with Crippen molar-refractivity contribution in [2.45, 2.75) is 0 Å². The lowest BCUT2D eigenvalue weighted by atomic mass is 10.6. The molecule has 0 aromatic carbocycles. The molecule has 0 rings (SSSR count). The minimum absolute atomic E-state index is 0.476. The van der Waals surface area contributed by atoms with E-state index in [0.29, 0.717) is 6.26 Å². The molecule has 4 heteroatoms. The van der Waals surface area contributed by atoms with Crippen molar-refractivity contribution in [1.82, 2.24) is 4.90 Å². The maximum Gasteiger partial charge on any atom is 0.274 e. The maximum atomic E-state index is 10.5. The lowest BCUT2D eigenvalue weighted by molar-refractivity contribution is -0.113. The number of hydrogen-bond donors (Lipinski definition) is 1. The van der Waals surface area contributed by atoms with Gasteiger partial charge in [0.1, 0.15) is 0 Å². The maximum absolute atomic E-state index is 10.5. The number of amides is 1. The Morgan fingerprint density at radius 2 is 2.20 bits per heavy atom. The first-order chi connectivity index (χ1) is 4.66. The summed E-state index contributed by atoms with van der Waals surface area (Å²) in [4.78, 5) is 15.5. The van der Waals surface area contributed by atoms with Crippen molar-refractivity contribution in [2.24, 2.45) is 4.99 Å². The van der Waals surface area contributed by atoms with Crippen LogP contribution in [0, 0.1) is 0 Å². The summed E-state index contributed by atoms with van der Waals surface area (Å²) < 4.78 is 0. The van der Waals surface area contributed by atoms with Crippen molar-refractivity contribution in [2.75, 3.05) is 14.1 Å². The van der Waals surface area contributed by atoms with Crippen LogP contribution < -0.4 is 0 Å². The van der Waals surface area contributed by atoms with Gasteiger partial charge in [0, 0.05) is 20.2 Å². The molecule has 0 atom stereocenters. The lowest BCUT2D eigenvalue weighted by Gasteiger charge is -1.99. The number of nitrogens with zero attached hydrogens (tertiary/aromatic N) is 2. The van der Waals surface area contributed by atoms with Crippen molar-refractivity contribution in [3.63, 3.8) is 0 Å². The number of carbonyl (C=O) groups excluding carboxylic acids is 1. The van der Waals surface area contributed by atoms with E-state index in [-0.39, 0.29) is 0 Å². The van der Waals surface area contributed by atoms with Gasteiger partial charge in [0.15, 0.2) is 0 Å². The minimum atomic E-state index is -0.476. The fourth-order valence-electron chi connectivity index (χ4n) is 0.279. The molecule has 0 fully saturated rings. The quantitative estimate of drug-likeness (QED) is 0.259. The second kappa shape index (κ2) is 4.55. The fraction of sp³-hybridized carbons (Fsp3) is 0.333. The molecule has 0 aromatic rings. The normalized spacial score (nSPS) is 11.0. The Labute approximate surface area is 59.5 Å². The van der Waals surface area contributed by atoms with E-state index in [1.165, 1.54) is 6.34 Å². The third-order valence-electron chi connectivity index (χ3n) is 0.633. The van der Waals surface area contributed by atoms with Crippen LogP contribution in [0.4, 0.5) is 0 Å². The SMILES string of the molecule is CN(C)C=NC(=O)/C=C\O. The highest BCUT2D eigenvalue weighted by atomic mass is 16.2. The van der Waals surface area contributed by atoms with Crippen molar-refractivity contribution >= 4 is 12.2 Å². The van der Waals surface area contributed by atoms with E-state index in [0.717, 1.165) is 6.08 Å². The molecule has 0 aliphatic heterocycles. The first kappa shape index (κ1) is 8.68. The minimum Gasteiger partial charge on any atom is -0.515 e. The van der Waals surface area contributed by atoms with Crippen LogP contribution in [0.5, 0.6) is 0 Å². The van der Waals surface area contributed by atoms with Crippen LogP contribution in [0.15, 0.2) is 17.3 Å². The van der Waals surface area contributed by atoms with E-state index in [1.54, 1.807) is 19.0 Å². The number of aliphatic hydroxyl groups excluding tert-OH is 1. The molecule has 0 unspecified atom stereocenters. The van der Waals surface area contributed by atoms with Gasteiger partial charge in [-0.1, -0.05) is 0 Å². The smallest absolute Gasteiger partial charge is 0.274 e. The van der Waals surface area contributed by atoms with Gasteiger partial charge in [-0.05, 0) is 0 Å². The highest BCUT2D eigenvalue weighted by molar-refractivity contribution is 5.92. The molecule has 0 aromatic heterocycles. The van der Waals surface area contributed by atoms with Gasteiger partial charge in [0.2, 0.25) is 0 Å². The van der Waals surface area contributed by atoms with Gasteiger partial charge < -0.3 is 10.0 Å². The molecule has 0 heterocycles. The van der Waals surface area contributed by atoms with Gasteiger partial charge in [-0.3, -0.25) is 4.79 Å². The van der Waals surface area contributed by atoms with Crippen LogP contribution >= 0.6 is 0 Å². The van der Waals surface area contributed by atoms with Crippen LogP contribution in [0.3, 0.4) is 0 Å². The zero-order valence-corrected chi connectivity index (χ0v) is 5.98. The van der Waals surface area contributed by atoms with Crippen LogP contribution in [0.2, 0.25) is 0 Å². The molecule has 0 saturated heterocycles. The first-order valence-electron chi connectivity index (χ1n) is 2.72. The van der Waals surface area contributed by atoms with E-state index in [9.17, 15) is 4.79 Å². The molecule has 56 valence electrons. The monoisotopic (exact) mass is 142 g/mol. The van der Waals surface area contributed by atoms with Crippen molar-refractivity contribution in [1.29, 1.82) is 0 Å². The summed E-state index contributed by atoms with van der Waals surface area (Å²) in [6.07, 6.45) is 3.00. The van der Waals surface area contributed by atoms with Crippen LogP contribution in [-0.2, 0) is 4.79 Å². The van der Waals surface area contributed by atoms with E-state index in [2.05, 4.69) is 4.99 Å². The summed E-state index contributed by atoms with van der Waals surface area (Å²) in [5.74, 6) is -0.476. The summed E-state index contributed by atoms with van der Waals surface area (Å²) in [6.45, 7) is 0. The van der Waals surface area contributed by atoms with Crippen LogP contribution in [0.1, 0.15) is 0 Å². The molecule has 0 bridgehead atoms. The zero-order valence-electron chi connectivity index (χ0n) is 5.98. The average Bonchev–Trinajstić information content (AvgIpc) is 1.85. The second-order valence-corrected chi connectivity index (χ2v) is 1.86. The van der Waals surface area contributed by atoms with Gasteiger partial charge in [0.25, 0.3) is 5.91 Å². The first-order valence-corrected chi connectivity index (χ1v) is 2.72. The third kappa shape index (κ3) is 4.83. The Bertz CT molecular complexity index is 161. The fourth-order valence-corrected chi connectivity index (χ4v) is 0.279. The van der Waals surface area contributed by atoms with Gasteiger partial charge in [-0.15, -0.1) is 0 Å². The lowest BCUT2D eigenvalue weighted by Crippen LogP contribution is -2.08. The Balaban J connectivity index is 3.78. The predicted molar refractivity (Wildman–Crippen MR) is 39.0 cm³/mol. The van der Waals surface area contributed by atoms with Crippen molar-refractivity contribution in [3.05, 3.63) is 12.3 Å². The van der Waals surface area contributed by atoms with E-state index in [1.807, 2.05) is 0 Å². The van der Waals surface area contributed by atoms with Gasteiger partial charge >= 0.3 is 0 Å². The molecular weight excluding hydrogens is 132 g/mol. The Morgan fingerprint density at radius 1 is 1.60 bits per heavy atom. The largest absolute Gasteiger partial charge is 0.515 e. The molecule has 0 aliphatic carbocycles. The Hall–Kier alpha value is -1.32. The summed E-state index contributed by atoms with van der Waals surface area (Å²) in [7, 11) is 3.50. The Kier molecular flexibility index (Phi) is 3.95. The topological polar surface area (TPSA) is 52.9 Å². The van der Waals surface area contributed by atoms with Gasteiger partial charge in [0.05, 0.1) is 12.6 Å². The molecule has 4 nitrogen and oxygen atoms in total. The molecule has 1 amide bonds. The van der Waals surface area contributed by atoms with E-state index in [4.69, 9.17) is 5.11 Å². The van der Waals surface area contributed by atoms with Crippen LogP contribution in [0.25, 0.3) is 0 Å². The van der Waals surface area contributed by atoms with E-state index >= 15 is 0 Å². The standard InChI is InChI=1S/C6H10N2O2/c1-8(2)5-7-6(10)3-4-9/h3-5,9H,1-2H3/b4-3-,7-5?. The highest BCUT2D eigenvalue weighted by Gasteiger charge is 1.87. The van der Waals surface area contributed by atoms with Crippen LogP contribution in [-0.4, -0.2) is 36.3 Å². The highest BCUT2D eigenvalue weighted by Crippen LogP contribution is 1.76. The predicted octanol–water partition coefficient (Wildman–Crippen LogP) is 0.175. The second-order valence-electron chi connectivity index (χ2n) is 1.86. The summed E-state index contributed by atoms with van der Waals surface area (Å²) >= 11 is 0. The number of hydrogen-bond acceptors (Lipinski definition) is 2. The number of carbonyl (C=O) groups is 1. The van der Waals surface area contributed by atoms with E-state index < -0.39 is 5.91 Å². The number of aliphatic hydroxyl groups is 1. The summed E-state index contributed by atoms with van der Waals surface area (Å²) in [5, 5.41) is 8.11. The Morgan fingerprint density at radius 3 is 2.60 bits per heavy atom. The molecule has 0 saturated carbocycles. The van der Waals surface area contributed by atoms with Crippen molar-refractivity contribution in [3.8, 4) is 0 Å². The van der Waals surface area contributed by atoms with Gasteiger partial charge in [-0.25, -0.2) is 0 Å². The molecular formula is C6H10N2O2. The summed E-state index contributed by atoms with van der Waals surface area (Å²) in [6, 6.07) is 0. The third-order valence-corrected chi connectivity index (χ3v) is 0.633. The molecule has 0 radical (unpaired) electrons. The number of rotatable bonds is 2. The molecule has 10 heavy (non-hydrogen) atoms. The van der Waals surface area contributed by atoms with Gasteiger partial charge in [-0.2, -0.15) is 4.99 Å². The summed E-state index contributed by atoms with van der Waals surface area (Å²) in [5.41, 5.74) is 0. The molecule has 0 spiro atoms. The van der Waals surface area contributed by atoms with Crippen molar-refractivity contribution < 1.29 is 9.90 Å².